The van der Waals surface area contributed by atoms with Gasteiger partial charge in [-0.15, -0.1) is 0 Å². The van der Waals surface area contributed by atoms with Crippen LogP contribution in [0.2, 0.25) is 0 Å². The van der Waals surface area contributed by atoms with Gasteiger partial charge in [-0.3, -0.25) is 10.1 Å². The Morgan fingerprint density at radius 1 is 1.37 bits per heavy atom. The molecule has 1 aliphatic rings. The first kappa shape index (κ1) is 14.4. The normalized spacial score (nSPS) is 19.2. The van der Waals surface area contributed by atoms with E-state index in [1.807, 2.05) is 42.1 Å². The lowest BCUT2D eigenvalue weighted by Crippen LogP contribution is -2.39. The fraction of sp³-hybridized carbons (Fsp3) is 0.533. The van der Waals surface area contributed by atoms with Crippen molar-refractivity contribution in [3.8, 4) is 0 Å². The summed E-state index contributed by atoms with van der Waals surface area (Å²) >= 11 is 1.87. The molecule has 2 rings (SSSR count). The number of rotatable bonds is 6. The Kier molecular flexibility index (Phi) is 4.88. The molecule has 1 aromatic carbocycles. The second kappa shape index (κ2) is 6.44. The molecule has 0 radical (unpaired) electrons. The highest BCUT2D eigenvalue weighted by Crippen LogP contribution is 2.40. The number of hydrogen-bond donors (Lipinski definition) is 2. The van der Waals surface area contributed by atoms with Crippen LogP contribution in [-0.4, -0.2) is 28.6 Å². The van der Waals surface area contributed by atoms with Crippen molar-refractivity contribution in [2.24, 2.45) is 0 Å². The van der Waals surface area contributed by atoms with E-state index in [4.69, 9.17) is 0 Å². The topological polar surface area (TPSA) is 49.3 Å². The van der Waals surface area contributed by atoms with E-state index in [2.05, 4.69) is 11.6 Å². The van der Waals surface area contributed by atoms with Crippen molar-refractivity contribution in [1.29, 1.82) is 0 Å². The molecular formula is C15H21NO2S. The summed E-state index contributed by atoms with van der Waals surface area (Å²) in [4.78, 5) is 11.4. The first-order chi connectivity index (χ1) is 9.17. The van der Waals surface area contributed by atoms with Crippen molar-refractivity contribution >= 4 is 17.7 Å². The highest BCUT2D eigenvalue weighted by molar-refractivity contribution is 8.00. The van der Waals surface area contributed by atoms with E-state index in [1.165, 1.54) is 25.7 Å². The largest absolute Gasteiger partial charge is 0.480 e. The maximum atomic E-state index is 11.4. The first-order valence-electron chi connectivity index (χ1n) is 6.73. The molecule has 1 fully saturated rings. The third kappa shape index (κ3) is 3.51. The smallest absolute Gasteiger partial charge is 0.325 e. The number of carboxylic acids is 1. The second-order valence-corrected chi connectivity index (χ2v) is 6.43. The van der Waals surface area contributed by atoms with Crippen molar-refractivity contribution in [3.63, 3.8) is 0 Å². The summed E-state index contributed by atoms with van der Waals surface area (Å²) in [5.74, 6) is -0.805. The van der Waals surface area contributed by atoms with Crippen molar-refractivity contribution < 1.29 is 9.90 Å². The van der Waals surface area contributed by atoms with Gasteiger partial charge in [0.05, 0.1) is 0 Å². The van der Waals surface area contributed by atoms with Crippen LogP contribution in [0.4, 0.5) is 0 Å². The van der Waals surface area contributed by atoms with Crippen molar-refractivity contribution in [3.05, 3.63) is 35.9 Å². The zero-order valence-corrected chi connectivity index (χ0v) is 12.1. The molecule has 1 aliphatic carbocycles. The van der Waals surface area contributed by atoms with Gasteiger partial charge in [-0.25, -0.2) is 0 Å². The van der Waals surface area contributed by atoms with E-state index in [0.29, 0.717) is 0 Å². The molecule has 0 saturated heterocycles. The Balaban J connectivity index is 2.04. The average Bonchev–Trinajstić information content (AvgIpc) is 2.89. The van der Waals surface area contributed by atoms with Crippen LogP contribution in [0.3, 0.4) is 0 Å². The van der Waals surface area contributed by atoms with Gasteiger partial charge in [-0.1, -0.05) is 43.2 Å². The molecule has 0 amide bonds. The van der Waals surface area contributed by atoms with E-state index in [9.17, 15) is 9.90 Å². The molecule has 1 saturated carbocycles. The van der Waals surface area contributed by atoms with Crippen LogP contribution in [-0.2, 0) is 4.79 Å². The lowest BCUT2D eigenvalue weighted by atomic mass is 10.0. The van der Waals surface area contributed by atoms with Crippen LogP contribution in [0, 0.1) is 0 Å². The van der Waals surface area contributed by atoms with Crippen LogP contribution < -0.4 is 5.32 Å². The van der Waals surface area contributed by atoms with Gasteiger partial charge < -0.3 is 5.11 Å². The average molecular weight is 279 g/mol. The number of benzene rings is 1. The molecule has 0 aliphatic heterocycles. The van der Waals surface area contributed by atoms with Gasteiger partial charge in [-0.2, -0.15) is 11.8 Å². The van der Waals surface area contributed by atoms with Crippen LogP contribution >= 0.6 is 11.8 Å². The number of carbonyl (C=O) groups is 1. The number of aliphatic carboxylic acids is 1. The van der Waals surface area contributed by atoms with E-state index >= 15 is 0 Å². The van der Waals surface area contributed by atoms with Gasteiger partial charge in [0, 0.05) is 11.3 Å². The van der Waals surface area contributed by atoms with Gasteiger partial charge in [-0.05, 0) is 24.7 Å². The summed E-state index contributed by atoms with van der Waals surface area (Å²) in [6, 6.07) is 8.80. The lowest BCUT2D eigenvalue weighted by molar-refractivity contribution is -0.139. The molecule has 1 atom stereocenters. The van der Waals surface area contributed by atoms with Gasteiger partial charge in [0.25, 0.3) is 0 Å². The summed E-state index contributed by atoms with van der Waals surface area (Å²) < 4.78 is 0.225. The van der Waals surface area contributed by atoms with Crippen molar-refractivity contribution in [2.75, 3.05) is 12.8 Å². The fourth-order valence-electron chi connectivity index (χ4n) is 2.75. The highest BCUT2D eigenvalue weighted by Gasteiger charge is 2.34. The maximum absolute atomic E-state index is 11.4. The van der Waals surface area contributed by atoms with E-state index in [-0.39, 0.29) is 4.75 Å². The van der Waals surface area contributed by atoms with E-state index in [1.54, 1.807) is 0 Å². The molecule has 3 nitrogen and oxygen atoms in total. The number of nitrogens with one attached hydrogen (secondary N) is 1. The Morgan fingerprint density at radius 2 is 2.00 bits per heavy atom. The molecule has 1 unspecified atom stereocenters. The Bertz CT molecular complexity index is 415. The zero-order valence-electron chi connectivity index (χ0n) is 11.3. The SMILES string of the molecule is CSC1(CNC(C(=O)O)c2ccccc2)CCCC1. The summed E-state index contributed by atoms with van der Waals surface area (Å²) in [6.45, 7) is 0.764. The molecule has 0 aromatic heterocycles. The predicted molar refractivity (Wildman–Crippen MR) is 79.5 cm³/mol. The van der Waals surface area contributed by atoms with Crippen LogP contribution in [0.1, 0.15) is 37.3 Å². The van der Waals surface area contributed by atoms with Gasteiger partial charge in [0.15, 0.2) is 0 Å². The number of carboxylic acid groups (broad SMARTS) is 1. The summed E-state index contributed by atoms with van der Waals surface area (Å²) in [5, 5.41) is 12.6. The van der Waals surface area contributed by atoms with Gasteiger partial charge >= 0.3 is 5.97 Å². The molecule has 4 heteroatoms. The van der Waals surface area contributed by atoms with E-state index in [0.717, 1.165) is 12.1 Å². The third-order valence-corrected chi connectivity index (χ3v) is 5.37. The Morgan fingerprint density at radius 3 is 2.53 bits per heavy atom. The molecule has 0 bridgehead atoms. The summed E-state index contributed by atoms with van der Waals surface area (Å²) in [5.41, 5.74) is 0.823. The minimum Gasteiger partial charge on any atom is -0.480 e. The Hall–Kier alpha value is -1.00. The second-order valence-electron chi connectivity index (χ2n) is 5.16. The number of hydrogen-bond acceptors (Lipinski definition) is 3. The summed E-state index contributed by atoms with van der Waals surface area (Å²) in [6.07, 6.45) is 7.01. The molecule has 19 heavy (non-hydrogen) atoms. The minimum atomic E-state index is -0.805. The van der Waals surface area contributed by atoms with E-state index < -0.39 is 12.0 Å². The molecule has 0 spiro atoms. The van der Waals surface area contributed by atoms with Gasteiger partial charge in [0.2, 0.25) is 0 Å². The van der Waals surface area contributed by atoms with Gasteiger partial charge in [0.1, 0.15) is 6.04 Å². The van der Waals surface area contributed by atoms with Crippen LogP contribution in [0.5, 0.6) is 0 Å². The molecular weight excluding hydrogens is 258 g/mol. The quantitative estimate of drug-likeness (QED) is 0.840. The standard InChI is InChI=1S/C15H21NO2S/c1-19-15(9-5-6-10-15)11-16-13(14(17)18)12-7-3-2-4-8-12/h2-4,7-8,13,16H,5-6,9-11H2,1H3,(H,17,18). The Labute approximate surface area is 118 Å². The van der Waals surface area contributed by atoms with Crippen LogP contribution in [0.25, 0.3) is 0 Å². The fourth-order valence-corrected chi connectivity index (χ4v) is 3.68. The third-order valence-electron chi connectivity index (χ3n) is 3.96. The molecule has 1 aromatic rings. The lowest BCUT2D eigenvalue weighted by Gasteiger charge is -2.29. The molecule has 0 heterocycles. The first-order valence-corrected chi connectivity index (χ1v) is 7.96. The zero-order chi connectivity index (χ0) is 13.7. The van der Waals surface area contributed by atoms with Crippen molar-refractivity contribution in [1.82, 2.24) is 5.32 Å². The summed E-state index contributed by atoms with van der Waals surface area (Å²) in [7, 11) is 0. The monoisotopic (exact) mass is 279 g/mol. The number of thioether (sulfide) groups is 1. The minimum absolute atomic E-state index is 0.225. The van der Waals surface area contributed by atoms with Crippen molar-refractivity contribution in [2.45, 2.75) is 36.5 Å². The maximum Gasteiger partial charge on any atom is 0.325 e. The molecule has 104 valence electrons. The molecule has 2 N–H and O–H groups in total. The highest BCUT2D eigenvalue weighted by atomic mass is 32.2. The van der Waals surface area contributed by atoms with Crippen LogP contribution in [0.15, 0.2) is 30.3 Å². The predicted octanol–water partition coefficient (Wildman–Crippen LogP) is 3.08.